The summed E-state index contributed by atoms with van der Waals surface area (Å²) in [6.07, 6.45) is 0.923. The number of nitrogens with two attached hydrogens (primary N) is 1. The molecule has 5 heteroatoms. The van der Waals surface area contributed by atoms with Crippen molar-refractivity contribution in [3.63, 3.8) is 0 Å². The van der Waals surface area contributed by atoms with Gasteiger partial charge in [-0.1, -0.05) is 20.3 Å². The third-order valence-corrected chi connectivity index (χ3v) is 3.58. The fourth-order valence-electron chi connectivity index (χ4n) is 2.07. The number of amides is 1. The molecule has 0 spiro atoms. The average molecular weight is 257 g/mol. The lowest BCUT2D eigenvalue weighted by Crippen LogP contribution is -2.51. The van der Waals surface area contributed by atoms with Gasteiger partial charge in [0.1, 0.15) is 0 Å². The molecule has 0 radical (unpaired) electrons. The number of nitrogens with one attached hydrogen (secondary N) is 1. The van der Waals surface area contributed by atoms with E-state index in [0.717, 1.165) is 39.3 Å². The minimum Gasteiger partial charge on any atom is -0.379 e. The molecular weight excluding hydrogens is 230 g/mol. The summed E-state index contributed by atoms with van der Waals surface area (Å²) in [5.74, 6) is 0.186. The van der Waals surface area contributed by atoms with Crippen molar-refractivity contribution in [3.8, 4) is 0 Å². The highest BCUT2D eigenvalue weighted by Crippen LogP contribution is 2.06. The molecular formula is C13H27N3O2. The van der Waals surface area contributed by atoms with Crippen molar-refractivity contribution < 1.29 is 9.53 Å². The molecule has 0 aliphatic carbocycles. The normalized spacial score (nSPS) is 22.2. The molecule has 1 heterocycles. The van der Waals surface area contributed by atoms with Crippen LogP contribution in [0.3, 0.4) is 0 Å². The summed E-state index contributed by atoms with van der Waals surface area (Å²) in [6, 6.07) is -0.271. The van der Waals surface area contributed by atoms with E-state index >= 15 is 0 Å². The van der Waals surface area contributed by atoms with Gasteiger partial charge in [0.15, 0.2) is 0 Å². The molecule has 1 saturated heterocycles. The van der Waals surface area contributed by atoms with Crippen molar-refractivity contribution in [2.24, 2.45) is 11.7 Å². The van der Waals surface area contributed by atoms with Crippen LogP contribution in [0, 0.1) is 5.92 Å². The van der Waals surface area contributed by atoms with E-state index in [1.807, 2.05) is 13.8 Å². The molecule has 1 fully saturated rings. The summed E-state index contributed by atoms with van der Waals surface area (Å²) < 4.78 is 5.30. The highest BCUT2D eigenvalue weighted by Gasteiger charge is 2.21. The van der Waals surface area contributed by atoms with Crippen LogP contribution in [0.15, 0.2) is 0 Å². The van der Waals surface area contributed by atoms with Crippen LogP contribution in [-0.2, 0) is 9.53 Å². The fraction of sp³-hybridized carbons (Fsp3) is 0.923. The molecule has 3 atom stereocenters. The maximum absolute atomic E-state index is 11.9. The van der Waals surface area contributed by atoms with E-state index in [2.05, 4.69) is 17.1 Å². The van der Waals surface area contributed by atoms with Crippen LogP contribution in [0.4, 0.5) is 0 Å². The number of carbonyl (C=O) groups is 1. The Morgan fingerprint density at radius 2 is 2.00 bits per heavy atom. The van der Waals surface area contributed by atoms with Crippen molar-refractivity contribution in [1.29, 1.82) is 0 Å². The first kappa shape index (κ1) is 15.4. The molecule has 1 amide bonds. The van der Waals surface area contributed by atoms with E-state index < -0.39 is 6.04 Å². The van der Waals surface area contributed by atoms with Crippen molar-refractivity contribution >= 4 is 5.91 Å². The minimum atomic E-state index is -0.401. The first-order valence-corrected chi connectivity index (χ1v) is 6.90. The van der Waals surface area contributed by atoms with Gasteiger partial charge in [0, 0.05) is 25.7 Å². The quantitative estimate of drug-likeness (QED) is 0.713. The Balaban J connectivity index is 2.29. The van der Waals surface area contributed by atoms with E-state index in [9.17, 15) is 4.79 Å². The summed E-state index contributed by atoms with van der Waals surface area (Å²) in [6.45, 7) is 10.4. The summed E-state index contributed by atoms with van der Waals surface area (Å²) in [5.41, 5.74) is 5.91. The number of nitrogens with zero attached hydrogens (tertiary/aromatic N) is 1. The second-order valence-corrected chi connectivity index (χ2v) is 5.23. The highest BCUT2D eigenvalue weighted by molar-refractivity contribution is 5.82. The third kappa shape index (κ3) is 4.92. The van der Waals surface area contributed by atoms with Gasteiger partial charge in [-0.3, -0.25) is 9.69 Å². The Hall–Kier alpha value is -0.650. The predicted octanol–water partition coefficient (Wildman–Crippen LogP) is 0.197. The van der Waals surface area contributed by atoms with Crippen LogP contribution in [0.25, 0.3) is 0 Å². The SMILES string of the molecule is CC[C@H](C)[C@H](N)C(=O)NC(C)CN1CCOCC1. The molecule has 18 heavy (non-hydrogen) atoms. The summed E-state index contributed by atoms with van der Waals surface area (Å²) in [5, 5.41) is 3.00. The number of morpholine rings is 1. The van der Waals surface area contributed by atoms with Crippen molar-refractivity contribution in [3.05, 3.63) is 0 Å². The molecule has 1 aliphatic heterocycles. The van der Waals surface area contributed by atoms with E-state index in [4.69, 9.17) is 10.5 Å². The van der Waals surface area contributed by atoms with Gasteiger partial charge in [0.25, 0.3) is 0 Å². The van der Waals surface area contributed by atoms with Gasteiger partial charge in [-0.25, -0.2) is 0 Å². The summed E-state index contributed by atoms with van der Waals surface area (Å²) >= 11 is 0. The van der Waals surface area contributed by atoms with Gasteiger partial charge in [-0.05, 0) is 12.8 Å². The van der Waals surface area contributed by atoms with Gasteiger partial charge in [-0.15, -0.1) is 0 Å². The number of carbonyl (C=O) groups excluding carboxylic acids is 1. The zero-order valence-corrected chi connectivity index (χ0v) is 11.8. The Bertz CT molecular complexity index is 255. The minimum absolute atomic E-state index is 0.0369. The molecule has 0 saturated carbocycles. The first-order chi connectivity index (χ1) is 8.54. The molecule has 1 rings (SSSR count). The zero-order valence-electron chi connectivity index (χ0n) is 11.8. The first-order valence-electron chi connectivity index (χ1n) is 6.90. The molecule has 106 valence electrons. The Labute approximate surface area is 110 Å². The second kappa shape index (κ2) is 7.71. The van der Waals surface area contributed by atoms with E-state index in [1.54, 1.807) is 0 Å². The van der Waals surface area contributed by atoms with Crippen molar-refractivity contribution in [2.45, 2.75) is 39.3 Å². The lowest BCUT2D eigenvalue weighted by molar-refractivity contribution is -0.124. The molecule has 0 aromatic rings. The molecule has 1 unspecified atom stereocenters. The van der Waals surface area contributed by atoms with Crippen molar-refractivity contribution in [2.75, 3.05) is 32.8 Å². The second-order valence-electron chi connectivity index (χ2n) is 5.23. The number of ether oxygens (including phenoxy) is 1. The van der Waals surface area contributed by atoms with E-state index in [1.165, 1.54) is 0 Å². The molecule has 0 aromatic heterocycles. The Morgan fingerprint density at radius 1 is 1.39 bits per heavy atom. The largest absolute Gasteiger partial charge is 0.379 e. The number of rotatable bonds is 6. The van der Waals surface area contributed by atoms with Crippen LogP contribution >= 0.6 is 0 Å². The Morgan fingerprint density at radius 3 is 2.56 bits per heavy atom. The average Bonchev–Trinajstić information content (AvgIpc) is 2.37. The van der Waals surface area contributed by atoms with Crippen LogP contribution in [0.1, 0.15) is 27.2 Å². The molecule has 3 N–H and O–H groups in total. The fourth-order valence-corrected chi connectivity index (χ4v) is 2.07. The maximum atomic E-state index is 11.9. The monoisotopic (exact) mass is 257 g/mol. The van der Waals surface area contributed by atoms with Crippen LogP contribution in [-0.4, -0.2) is 55.7 Å². The topological polar surface area (TPSA) is 67.6 Å². The van der Waals surface area contributed by atoms with Crippen LogP contribution < -0.4 is 11.1 Å². The van der Waals surface area contributed by atoms with Gasteiger partial charge in [0.2, 0.25) is 5.91 Å². The molecule has 0 aromatic carbocycles. The molecule has 0 bridgehead atoms. The smallest absolute Gasteiger partial charge is 0.237 e. The van der Waals surface area contributed by atoms with Gasteiger partial charge in [-0.2, -0.15) is 0 Å². The Kier molecular flexibility index (Phi) is 6.60. The predicted molar refractivity (Wildman–Crippen MR) is 72.3 cm³/mol. The van der Waals surface area contributed by atoms with Crippen LogP contribution in [0.2, 0.25) is 0 Å². The lowest BCUT2D eigenvalue weighted by Gasteiger charge is -2.30. The van der Waals surface area contributed by atoms with Gasteiger partial charge < -0.3 is 15.8 Å². The number of hydrogen-bond donors (Lipinski definition) is 2. The van der Waals surface area contributed by atoms with Gasteiger partial charge in [0.05, 0.1) is 19.3 Å². The lowest BCUT2D eigenvalue weighted by atomic mass is 9.99. The summed E-state index contributed by atoms with van der Waals surface area (Å²) in [4.78, 5) is 14.2. The third-order valence-electron chi connectivity index (χ3n) is 3.58. The number of hydrogen-bond acceptors (Lipinski definition) is 4. The van der Waals surface area contributed by atoms with Crippen LogP contribution in [0.5, 0.6) is 0 Å². The van der Waals surface area contributed by atoms with Crippen molar-refractivity contribution in [1.82, 2.24) is 10.2 Å². The molecule has 1 aliphatic rings. The zero-order chi connectivity index (χ0) is 13.5. The standard InChI is InChI=1S/C13H27N3O2/c1-4-10(2)12(14)13(17)15-11(3)9-16-5-7-18-8-6-16/h10-12H,4-9,14H2,1-3H3,(H,15,17)/t10-,11?,12-/m0/s1. The van der Waals surface area contributed by atoms with E-state index in [0.29, 0.717) is 0 Å². The highest BCUT2D eigenvalue weighted by atomic mass is 16.5. The molecule has 5 nitrogen and oxygen atoms in total. The summed E-state index contributed by atoms with van der Waals surface area (Å²) in [7, 11) is 0. The van der Waals surface area contributed by atoms with E-state index in [-0.39, 0.29) is 17.9 Å². The maximum Gasteiger partial charge on any atom is 0.237 e. The van der Waals surface area contributed by atoms with Gasteiger partial charge >= 0.3 is 0 Å².